The van der Waals surface area contributed by atoms with Crippen LogP contribution in [0.2, 0.25) is 0 Å². The fraction of sp³-hybridized carbons (Fsp3) is 0.143. The summed E-state index contributed by atoms with van der Waals surface area (Å²) in [5.74, 6) is -0.0830. The lowest BCUT2D eigenvalue weighted by molar-refractivity contribution is -0.114. The summed E-state index contributed by atoms with van der Waals surface area (Å²) in [5.41, 5.74) is 3.74. The van der Waals surface area contributed by atoms with Gasteiger partial charge < -0.3 is 10.6 Å². The number of carbonyl (C=O) groups is 1. The van der Waals surface area contributed by atoms with Crippen molar-refractivity contribution in [2.75, 3.05) is 17.7 Å². The van der Waals surface area contributed by atoms with Crippen LogP contribution < -0.4 is 10.6 Å². The Hall–Kier alpha value is -2.36. The monoisotopic (exact) mass is 241 g/mol. The van der Waals surface area contributed by atoms with Crippen molar-refractivity contribution < 1.29 is 4.79 Å². The van der Waals surface area contributed by atoms with Crippen molar-refractivity contribution in [3.05, 3.63) is 42.7 Å². The number of anilines is 2. The van der Waals surface area contributed by atoms with E-state index in [1.54, 1.807) is 12.4 Å². The minimum Gasteiger partial charge on any atom is -0.388 e. The van der Waals surface area contributed by atoms with E-state index in [9.17, 15) is 4.79 Å². The second kappa shape index (κ2) is 5.31. The van der Waals surface area contributed by atoms with Crippen molar-refractivity contribution in [2.45, 2.75) is 6.92 Å². The van der Waals surface area contributed by atoms with Crippen molar-refractivity contribution in [3.63, 3.8) is 0 Å². The van der Waals surface area contributed by atoms with Crippen LogP contribution >= 0.6 is 0 Å². The largest absolute Gasteiger partial charge is 0.388 e. The molecule has 0 unspecified atom stereocenters. The number of carbonyl (C=O) groups excluding carboxylic acids is 1. The lowest BCUT2D eigenvalue weighted by Crippen LogP contribution is -2.06. The topological polar surface area (TPSA) is 54.0 Å². The predicted molar refractivity (Wildman–Crippen MR) is 73.5 cm³/mol. The molecule has 0 spiro atoms. The van der Waals surface area contributed by atoms with Gasteiger partial charge in [-0.2, -0.15) is 0 Å². The van der Waals surface area contributed by atoms with E-state index in [2.05, 4.69) is 15.6 Å². The van der Waals surface area contributed by atoms with Crippen molar-refractivity contribution in [2.24, 2.45) is 0 Å². The number of amides is 1. The molecule has 92 valence electrons. The molecule has 1 aromatic carbocycles. The zero-order valence-electron chi connectivity index (χ0n) is 10.4. The van der Waals surface area contributed by atoms with Crippen LogP contribution in [0.3, 0.4) is 0 Å². The van der Waals surface area contributed by atoms with Crippen LogP contribution in [0.5, 0.6) is 0 Å². The molecular formula is C14H15N3O. The predicted octanol–water partition coefficient (Wildman–Crippen LogP) is 2.75. The van der Waals surface area contributed by atoms with Crippen LogP contribution in [-0.4, -0.2) is 17.9 Å². The van der Waals surface area contributed by atoms with Gasteiger partial charge in [0.25, 0.3) is 0 Å². The molecule has 1 heterocycles. The minimum absolute atomic E-state index is 0.0830. The van der Waals surface area contributed by atoms with E-state index in [-0.39, 0.29) is 5.91 Å². The summed E-state index contributed by atoms with van der Waals surface area (Å²) < 4.78 is 0. The third kappa shape index (κ3) is 2.85. The fourth-order valence-electron chi connectivity index (χ4n) is 1.75. The molecule has 2 aromatic rings. The number of rotatable bonds is 3. The summed E-state index contributed by atoms with van der Waals surface area (Å²) in [6, 6.07) is 9.71. The maximum absolute atomic E-state index is 11.1. The van der Waals surface area contributed by atoms with Gasteiger partial charge >= 0.3 is 0 Å². The summed E-state index contributed by atoms with van der Waals surface area (Å²) in [6.07, 6.45) is 3.53. The van der Waals surface area contributed by atoms with Gasteiger partial charge in [-0.3, -0.25) is 9.78 Å². The lowest BCUT2D eigenvalue weighted by atomic mass is 10.1. The van der Waals surface area contributed by atoms with E-state index in [1.807, 2.05) is 37.4 Å². The maximum atomic E-state index is 11.1. The lowest BCUT2D eigenvalue weighted by Gasteiger charge is -2.10. The highest BCUT2D eigenvalue weighted by Gasteiger charge is 2.04. The summed E-state index contributed by atoms with van der Waals surface area (Å²) in [7, 11) is 1.85. The SMILES string of the molecule is CNc1cc(NC(C)=O)cc(-c2cccnc2)c1. The zero-order chi connectivity index (χ0) is 13.0. The van der Waals surface area contributed by atoms with E-state index in [4.69, 9.17) is 0 Å². The van der Waals surface area contributed by atoms with E-state index in [0.29, 0.717) is 0 Å². The number of nitrogens with zero attached hydrogens (tertiary/aromatic N) is 1. The first-order valence-corrected chi connectivity index (χ1v) is 5.70. The molecule has 2 N–H and O–H groups in total. The zero-order valence-corrected chi connectivity index (χ0v) is 10.4. The van der Waals surface area contributed by atoms with Gasteiger partial charge in [-0.25, -0.2) is 0 Å². The van der Waals surface area contributed by atoms with Crippen LogP contribution in [0.1, 0.15) is 6.92 Å². The molecule has 0 atom stereocenters. The van der Waals surface area contributed by atoms with Crippen molar-refractivity contribution in [1.82, 2.24) is 4.98 Å². The molecule has 4 heteroatoms. The van der Waals surface area contributed by atoms with Gasteiger partial charge in [-0.1, -0.05) is 6.07 Å². The van der Waals surface area contributed by atoms with Gasteiger partial charge in [-0.05, 0) is 29.8 Å². The first-order valence-electron chi connectivity index (χ1n) is 5.70. The Kier molecular flexibility index (Phi) is 3.57. The van der Waals surface area contributed by atoms with Crippen LogP contribution in [0.15, 0.2) is 42.7 Å². The molecule has 0 saturated carbocycles. The van der Waals surface area contributed by atoms with Crippen molar-refractivity contribution in [1.29, 1.82) is 0 Å². The number of pyridine rings is 1. The second-order valence-corrected chi connectivity index (χ2v) is 3.97. The van der Waals surface area contributed by atoms with E-state index in [0.717, 1.165) is 22.5 Å². The molecule has 0 aliphatic carbocycles. The number of benzene rings is 1. The van der Waals surface area contributed by atoms with Gasteiger partial charge in [0.15, 0.2) is 0 Å². The van der Waals surface area contributed by atoms with Crippen LogP contribution in [0.25, 0.3) is 11.1 Å². The molecule has 4 nitrogen and oxygen atoms in total. The highest BCUT2D eigenvalue weighted by Crippen LogP contribution is 2.26. The maximum Gasteiger partial charge on any atom is 0.221 e. The Balaban J connectivity index is 2.44. The molecule has 18 heavy (non-hydrogen) atoms. The molecule has 0 saturated heterocycles. The Labute approximate surface area is 106 Å². The molecule has 0 aliphatic heterocycles. The average Bonchev–Trinajstić information content (AvgIpc) is 2.38. The summed E-state index contributed by atoms with van der Waals surface area (Å²) in [5, 5.41) is 5.87. The average molecular weight is 241 g/mol. The van der Waals surface area contributed by atoms with E-state index >= 15 is 0 Å². The van der Waals surface area contributed by atoms with E-state index in [1.165, 1.54) is 6.92 Å². The third-order valence-corrected chi connectivity index (χ3v) is 2.54. The highest BCUT2D eigenvalue weighted by atomic mass is 16.1. The van der Waals surface area contributed by atoms with Gasteiger partial charge in [0.2, 0.25) is 5.91 Å². The number of aromatic nitrogens is 1. The molecule has 1 aromatic heterocycles. The molecule has 0 fully saturated rings. The van der Waals surface area contributed by atoms with Crippen molar-refractivity contribution in [3.8, 4) is 11.1 Å². The number of hydrogen-bond acceptors (Lipinski definition) is 3. The smallest absolute Gasteiger partial charge is 0.221 e. The first kappa shape index (κ1) is 12.1. The normalized spacial score (nSPS) is 9.89. The minimum atomic E-state index is -0.0830. The second-order valence-electron chi connectivity index (χ2n) is 3.97. The van der Waals surface area contributed by atoms with Crippen LogP contribution in [0, 0.1) is 0 Å². The quantitative estimate of drug-likeness (QED) is 0.868. The molecule has 2 rings (SSSR count). The number of hydrogen-bond donors (Lipinski definition) is 2. The molecule has 1 amide bonds. The van der Waals surface area contributed by atoms with Crippen LogP contribution in [0.4, 0.5) is 11.4 Å². The van der Waals surface area contributed by atoms with Gasteiger partial charge in [0.1, 0.15) is 0 Å². The highest BCUT2D eigenvalue weighted by molar-refractivity contribution is 5.90. The molecule has 0 bridgehead atoms. The summed E-state index contributed by atoms with van der Waals surface area (Å²) >= 11 is 0. The molecule has 0 aliphatic rings. The summed E-state index contributed by atoms with van der Waals surface area (Å²) in [6.45, 7) is 1.50. The Morgan fingerprint density at radius 1 is 1.17 bits per heavy atom. The van der Waals surface area contributed by atoms with Crippen molar-refractivity contribution >= 4 is 17.3 Å². The third-order valence-electron chi connectivity index (χ3n) is 2.54. The molecular weight excluding hydrogens is 226 g/mol. The standard InChI is InChI=1S/C14H15N3O/c1-10(18)17-14-7-12(6-13(8-14)15-2)11-4-3-5-16-9-11/h3-9,15H,1-2H3,(H,17,18). The van der Waals surface area contributed by atoms with Gasteiger partial charge in [-0.15, -0.1) is 0 Å². The Morgan fingerprint density at radius 3 is 2.56 bits per heavy atom. The van der Waals surface area contributed by atoms with Gasteiger partial charge in [0.05, 0.1) is 0 Å². The Morgan fingerprint density at radius 2 is 1.94 bits per heavy atom. The number of nitrogens with one attached hydrogen (secondary N) is 2. The summed E-state index contributed by atoms with van der Waals surface area (Å²) in [4.78, 5) is 15.2. The van der Waals surface area contributed by atoms with E-state index < -0.39 is 0 Å². The first-order chi connectivity index (χ1) is 8.69. The van der Waals surface area contributed by atoms with Gasteiger partial charge in [0, 0.05) is 43.3 Å². The fourth-order valence-corrected chi connectivity index (χ4v) is 1.75. The van der Waals surface area contributed by atoms with Crippen LogP contribution in [-0.2, 0) is 4.79 Å². The molecule has 0 radical (unpaired) electrons. The Bertz CT molecular complexity index is 552.